The summed E-state index contributed by atoms with van der Waals surface area (Å²) >= 11 is 0. The van der Waals surface area contributed by atoms with Crippen LogP contribution in [0.25, 0.3) is 0 Å². The highest BCUT2D eigenvalue weighted by atomic mass is 15.2. The Morgan fingerprint density at radius 2 is 1.84 bits per heavy atom. The maximum Gasteiger partial charge on any atom is 0.0220 e. The molecule has 0 saturated carbocycles. The van der Waals surface area contributed by atoms with Gasteiger partial charge in [0.25, 0.3) is 0 Å². The largest absolute Gasteiger partial charge is 0.311 e. The Labute approximate surface area is 121 Å². The van der Waals surface area contributed by atoms with E-state index in [0.29, 0.717) is 5.41 Å². The lowest BCUT2D eigenvalue weighted by molar-refractivity contribution is 0.172. The summed E-state index contributed by atoms with van der Waals surface area (Å²) in [4.78, 5) is 2.75. The van der Waals surface area contributed by atoms with Gasteiger partial charge in [-0.25, -0.2) is 0 Å². The van der Waals surface area contributed by atoms with E-state index in [9.17, 15) is 0 Å². The highest BCUT2D eigenvalue weighted by Gasteiger charge is 2.27. The second kappa shape index (κ2) is 7.08. The molecule has 0 aromatic carbocycles. The molecular formula is C17H36N2. The van der Waals surface area contributed by atoms with Crippen LogP contribution in [0.4, 0.5) is 0 Å². The van der Waals surface area contributed by atoms with Crippen molar-refractivity contribution in [1.29, 1.82) is 0 Å². The molecule has 1 aliphatic heterocycles. The number of nitrogens with zero attached hydrogens (tertiary/aromatic N) is 1. The van der Waals surface area contributed by atoms with E-state index < -0.39 is 0 Å². The number of hydrogen-bond acceptors (Lipinski definition) is 2. The fourth-order valence-corrected chi connectivity index (χ4v) is 2.98. The van der Waals surface area contributed by atoms with Crippen molar-refractivity contribution in [3.05, 3.63) is 0 Å². The Hall–Kier alpha value is -0.0800. The van der Waals surface area contributed by atoms with Crippen LogP contribution in [0.3, 0.4) is 0 Å². The molecule has 1 aliphatic rings. The third-order valence-corrected chi connectivity index (χ3v) is 4.38. The number of hydrogen-bond donors (Lipinski definition) is 1. The Morgan fingerprint density at radius 3 is 2.42 bits per heavy atom. The van der Waals surface area contributed by atoms with Crippen LogP contribution in [-0.4, -0.2) is 36.1 Å². The minimum Gasteiger partial charge on any atom is -0.311 e. The number of likely N-dealkylation sites (tertiary alicyclic amines) is 1. The summed E-state index contributed by atoms with van der Waals surface area (Å²) < 4.78 is 0. The van der Waals surface area contributed by atoms with Crippen LogP contribution >= 0.6 is 0 Å². The quantitative estimate of drug-likeness (QED) is 0.809. The molecule has 0 amide bonds. The van der Waals surface area contributed by atoms with Gasteiger partial charge in [-0.05, 0) is 65.0 Å². The standard InChI is InChI=1S/C17H36N2/c1-7-9-15(14-18-16(2,3)4)19-12-8-10-17(5,6)11-13-19/h15,18H,7-14H2,1-6H3. The van der Waals surface area contributed by atoms with E-state index >= 15 is 0 Å². The van der Waals surface area contributed by atoms with E-state index in [1.165, 1.54) is 45.2 Å². The Morgan fingerprint density at radius 1 is 1.16 bits per heavy atom. The second-order valence-corrected chi connectivity index (χ2v) is 8.13. The molecule has 114 valence electrons. The summed E-state index contributed by atoms with van der Waals surface area (Å²) in [5.41, 5.74) is 0.778. The lowest BCUT2D eigenvalue weighted by atomic mass is 9.85. The SMILES string of the molecule is CCCC(CNC(C)(C)C)N1CCCC(C)(C)CC1. The average Bonchev–Trinajstić information content (AvgIpc) is 2.44. The van der Waals surface area contributed by atoms with Gasteiger partial charge < -0.3 is 5.32 Å². The van der Waals surface area contributed by atoms with Crippen LogP contribution in [0.5, 0.6) is 0 Å². The van der Waals surface area contributed by atoms with E-state index in [4.69, 9.17) is 0 Å². The molecule has 0 aliphatic carbocycles. The fraction of sp³-hybridized carbons (Fsp3) is 1.00. The van der Waals surface area contributed by atoms with Gasteiger partial charge in [-0.1, -0.05) is 27.2 Å². The third-order valence-electron chi connectivity index (χ3n) is 4.38. The van der Waals surface area contributed by atoms with Crippen molar-refractivity contribution in [2.75, 3.05) is 19.6 Å². The smallest absolute Gasteiger partial charge is 0.0220 e. The zero-order chi connectivity index (χ0) is 14.5. The number of nitrogens with one attached hydrogen (secondary N) is 1. The molecule has 1 atom stereocenters. The minimum atomic E-state index is 0.233. The molecule has 1 fully saturated rings. The zero-order valence-corrected chi connectivity index (χ0v) is 14.2. The minimum absolute atomic E-state index is 0.233. The van der Waals surface area contributed by atoms with E-state index in [0.717, 1.165) is 12.6 Å². The van der Waals surface area contributed by atoms with Gasteiger partial charge in [-0.15, -0.1) is 0 Å². The molecule has 1 saturated heterocycles. The maximum absolute atomic E-state index is 3.70. The summed E-state index contributed by atoms with van der Waals surface area (Å²) in [6.45, 7) is 17.7. The van der Waals surface area contributed by atoms with Gasteiger partial charge in [0.15, 0.2) is 0 Å². The van der Waals surface area contributed by atoms with E-state index in [1.807, 2.05) is 0 Å². The molecule has 1 heterocycles. The van der Waals surface area contributed by atoms with Crippen molar-refractivity contribution in [3.8, 4) is 0 Å². The lowest BCUT2D eigenvalue weighted by Crippen LogP contribution is -2.48. The molecule has 0 aromatic rings. The van der Waals surface area contributed by atoms with Gasteiger partial charge in [0.2, 0.25) is 0 Å². The first-order chi connectivity index (χ1) is 8.73. The van der Waals surface area contributed by atoms with Crippen LogP contribution in [0.15, 0.2) is 0 Å². The second-order valence-electron chi connectivity index (χ2n) is 8.13. The van der Waals surface area contributed by atoms with E-state index in [1.54, 1.807) is 0 Å². The summed E-state index contributed by atoms with van der Waals surface area (Å²) in [6.07, 6.45) is 6.71. The fourth-order valence-electron chi connectivity index (χ4n) is 2.98. The van der Waals surface area contributed by atoms with Crippen molar-refractivity contribution in [2.24, 2.45) is 5.41 Å². The predicted octanol–water partition coefficient (Wildman–Crippen LogP) is 4.06. The van der Waals surface area contributed by atoms with Gasteiger partial charge in [0.05, 0.1) is 0 Å². The van der Waals surface area contributed by atoms with Crippen molar-refractivity contribution < 1.29 is 0 Å². The van der Waals surface area contributed by atoms with Crippen LogP contribution in [0, 0.1) is 5.41 Å². The van der Waals surface area contributed by atoms with Crippen LogP contribution < -0.4 is 5.32 Å². The average molecular weight is 268 g/mol. The van der Waals surface area contributed by atoms with Crippen LogP contribution in [0.2, 0.25) is 0 Å². The summed E-state index contributed by atoms with van der Waals surface area (Å²) in [7, 11) is 0. The molecule has 0 radical (unpaired) electrons. The first-order valence-electron chi connectivity index (χ1n) is 8.22. The molecule has 2 nitrogen and oxygen atoms in total. The van der Waals surface area contributed by atoms with Gasteiger partial charge in [0, 0.05) is 18.1 Å². The molecule has 19 heavy (non-hydrogen) atoms. The van der Waals surface area contributed by atoms with Crippen molar-refractivity contribution in [2.45, 2.75) is 85.2 Å². The third kappa shape index (κ3) is 6.76. The van der Waals surface area contributed by atoms with Crippen LogP contribution in [0.1, 0.15) is 73.6 Å². The van der Waals surface area contributed by atoms with E-state index in [-0.39, 0.29) is 5.54 Å². The first-order valence-corrected chi connectivity index (χ1v) is 8.22. The molecule has 1 unspecified atom stereocenters. The Balaban J connectivity index is 2.55. The number of rotatable bonds is 5. The zero-order valence-electron chi connectivity index (χ0n) is 14.2. The highest BCUT2D eigenvalue weighted by molar-refractivity contribution is 4.83. The van der Waals surface area contributed by atoms with Crippen LogP contribution in [-0.2, 0) is 0 Å². The molecule has 0 bridgehead atoms. The van der Waals surface area contributed by atoms with Gasteiger partial charge >= 0.3 is 0 Å². The van der Waals surface area contributed by atoms with E-state index in [2.05, 4.69) is 51.8 Å². The van der Waals surface area contributed by atoms with Gasteiger partial charge in [-0.3, -0.25) is 4.90 Å². The topological polar surface area (TPSA) is 15.3 Å². The summed E-state index contributed by atoms with van der Waals surface area (Å²) in [5.74, 6) is 0. The van der Waals surface area contributed by atoms with Gasteiger partial charge in [0.1, 0.15) is 0 Å². The van der Waals surface area contributed by atoms with Crippen molar-refractivity contribution >= 4 is 0 Å². The van der Waals surface area contributed by atoms with Crippen molar-refractivity contribution in [1.82, 2.24) is 10.2 Å². The Bertz CT molecular complexity index is 252. The molecule has 0 spiro atoms. The monoisotopic (exact) mass is 268 g/mol. The normalized spacial score (nSPS) is 23.1. The lowest BCUT2D eigenvalue weighted by Gasteiger charge is -2.34. The molecular weight excluding hydrogens is 232 g/mol. The first kappa shape index (κ1) is 17.0. The summed E-state index contributed by atoms with van der Waals surface area (Å²) in [5, 5.41) is 3.70. The van der Waals surface area contributed by atoms with Crippen molar-refractivity contribution in [3.63, 3.8) is 0 Å². The Kier molecular flexibility index (Phi) is 6.32. The predicted molar refractivity (Wildman–Crippen MR) is 85.7 cm³/mol. The molecule has 0 aromatic heterocycles. The molecule has 1 N–H and O–H groups in total. The molecule has 1 rings (SSSR count). The summed E-state index contributed by atoms with van der Waals surface area (Å²) in [6, 6.07) is 0.720. The maximum atomic E-state index is 3.70. The van der Waals surface area contributed by atoms with Gasteiger partial charge in [-0.2, -0.15) is 0 Å². The highest BCUT2D eigenvalue weighted by Crippen LogP contribution is 2.30. The molecule has 2 heteroatoms.